The quantitative estimate of drug-likeness (QED) is 0.883. The number of hydrogen-bond acceptors (Lipinski definition) is 3. The lowest BCUT2D eigenvalue weighted by molar-refractivity contribution is -0.216. The molecule has 1 aliphatic rings. The zero-order chi connectivity index (χ0) is 17.3. The van der Waals surface area contributed by atoms with Crippen LogP contribution < -0.4 is 5.32 Å². The van der Waals surface area contributed by atoms with Gasteiger partial charge < -0.3 is 15.3 Å². The van der Waals surface area contributed by atoms with Crippen molar-refractivity contribution in [2.45, 2.75) is 31.2 Å². The van der Waals surface area contributed by atoms with Crippen LogP contribution in [-0.4, -0.2) is 45.9 Å². The van der Waals surface area contributed by atoms with E-state index in [9.17, 15) is 23.1 Å². The first-order valence-corrected chi connectivity index (χ1v) is 7.54. The van der Waals surface area contributed by atoms with E-state index < -0.39 is 24.4 Å². The zero-order valence-corrected chi connectivity index (χ0v) is 12.6. The maximum Gasteiger partial charge on any atom is 0.416 e. The summed E-state index contributed by atoms with van der Waals surface area (Å²) in [6.45, 7) is 0.168. The lowest BCUT2D eigenvalue weighted by Gasteiger charge is -2.29. The first-order chi connectivity index (χ1) is 11.4. The number of nitrogens with zero attached hydrogens (tertiary/aromatic N) is 2. The first kappa shape index (κ1) is 16.5. The Morgan fingerprint density at radius 2 is 2.08 bits per heavy atom. The van der Waals surface area contributed by atoms with Crippen LogP contribution in [0.2, 0.25) is 0 Å². The zero-order valence-electron chi connectivity index (χ0n) is 12.6. The van der Waals surface area contributed by atoms with Crippen molar-refractivity contribution in [3.63, 3.8) is 0 Å². The van der Waals surface area contributed by atoms with Crippen LogP contribution in [0.15, 0.2) is 36.5 Å². The number of urea groups is 1. The Labute approximate surface area is 136 Å². The van der Waals surface area contributed by atoms with E-state index in [1.165, 1.54) is 0 Å². The van der Waals surface area contributed by atoms with E-state index in [1.54, 1.807) is 24.4 Å². The molecule has 0 aliphatic carbocycles. The minimum absolute atomic E-state index is 0.113. The number of hydrogen-bond donors (Lipinski definition) is 2. The van der Waals surface area contributed by atoms with E-state index in [0.29, 0.717) is 17.6 Å². The number of carbonyl (C=O) groups is 1. The maximum atomic E-state index is 12.8. The number of alkyl halides is 3. The highest BCUT2D eigenvalue weighted by atomic mass is 19.4. The third-order valence-corrected chi connectivity index (χ3v) is 4.13. The normalized spacial score (nSPS) is 19.5. The van der Waals surface area contributed by atoms with Gasteiger partial charge in [-0.3, -0.25) is 4.98 Å². The van der Waals surface area contributed by atoms with Crippen molar-refractivity contribution >= 4 is 22.6 Å². The second-order valence-electron chi connectivity index (χ2n) is 5.70. The maximum absolute atomic E-state index is 12.8. The molecule has 2 atom stereocenters. The number of fused-ring (bicyclic) bond motifs is 1. The van der Waals surface area contributed by atoms with Crippen LogP contribution in [0.5, 0.6) is 0 Å². The summed E-state index contributed by atoms with van der Waals surface area (Å²) in [5.74, 6) is 0. The van der Waals surface area contributed by atoms with E-state index in [4.69, 9.17) is 0 Å². The lowest BCUT2D eigenvalue weighted by Crippen LogP contribution is -2.50. The second-order valence-corrected chi connectivity index (χ2v) is 5.70. The molecule has 1 saturated heterocycles. The van der Waals surface area contributed by atoms with Gasteiger partial charge in [0.25, 0.3) is 0 Å². The van der Waals surface area contributed by atoms with Gasteiger partial charge in [-0.15, -0.1) is 0 Å². The number of anilines is 1. The van der Waals surface area contributed by atoms with Crippen molar-refractivity contribution in [2.24, 2.45) is 0 Å². The van der Waals surface area contributed by atoms with Gasteiger partial charge in [0.2, 0.25) is 0 Å². The number of amides is 2. The van der Waals surface area contributed by atoms with Crippen LogP contribution in [0.3, 0.4) is 0 Å². The van der Waals surface area contributed by atoms with Crippen molar-refractivity contribution < 1.29 is 23.1 Å². The number of likely N-dealkylation sites (tertiary alicyclic amines) is 1. The highest BCUT2D eigenvalue weighted by Crippen LogP contribution is 2.31. The van der Waals surface area contributed by atoms with Crippen LogP contribution in [0.4, 0.5) is 23.7 Å². The molecule has 3 rings (SSSR count). The molecule has 0 radical (unpaired) electrons. The van der Waals surface area contributed by atoms with Crippen LogP contribution in [-0.2, 0) is 0 Å². The Bertz CT molecular complexity index is 745. The summed E-state index contributed by atoms with van der Waals surface area (Å²) >= 11 is 0. The molecule has 1 fully saturated rings. The minimum Gasteiger partial charge on any atom is -0.382 e. The molecule has 1 aromatic carbocycles. The van der Waals surface area contributed by atoms with E-state index in [2.05, 4.69) is 10.3 Å². The van der Waals surface area contributed by atoms with Gasteiger partial charge in [0.05, 0.1) is 17.2 Å². The molecule has 2 N–H and O–H groups in total. The number of pyridine rings is 1. The molecule has 2 amide bonds. The van der Waals surface area contributed by atoms with Gasteiger partial charge in [-0.05, 0) is 25.0 Å². The van der Waals surface area contributed by atoms with Gasteiger partial charge in [-0.1, -0.05) is 18.2 Å². The summed E-state index contributed by atoms with van der Waals surface area (Å²) in [5.41, 5.74) is 0.978. The summed E-state index contributed by atoms with van der Waals surface area (Å²) in [6.07, 6.45) is -5.20. The number of benzene rings is 1. The predicted molar refractivity (Wildman–Crippen MR) is 82.6 cm³/mol. The molecule has 2 aromatic rings. The molecular formula is C16H16F3N3O2. The number of para-hydroxylation sites is 1. The van der Waals surface area contributed by atoms with Gasteiger partial charge in [0, 0.05) is 18.1 Å². The monoisotopic (exact) mass is 339 g/mol. The molecular weight excluding hydrogens is 323 g/mol. The summed E-state index contributed by atoms with van der Waals surface area (Å²) in [7, 11) is 0. The molecule has 128 valence electrons. The Balaban J connectivity index is 1.81. The molecule has 2 heterocycles. The van der Waals surface area contributed by atoms with Crippen molar-refractivity contribution in [2.75, 3.05) is 11.9 Å². The van der Waals surface area contributed by atoms with Crippen LogP contribution in [0, 0.1) is 0 Å². The van der Waals surface area contributed by atoms with Gasteiger partial charge in [0.15, 0.2) is 6.10 Å². The molecule has 1 aromatic heterocycles. The summed E-state index contributed by atoms with van der Waals surface area (Å²) in [6, 6.07) is 6.83. The smallest absolute Gasteiger partial charge is 0.382 e. The van der Waals surface area contributed by atoms with Crippen molar-refractivity contribution in [1.29, 1.82) is 0 Å². The van der Waals surface area contributed by atoms with Crippen molar-refractivity contribution in [1.82, 2.24) is 9.88 Å². The Morgan fingerprint density at radius 3 is 2.83 bits per heavy atom. The Morgan fingerprint density at radius 1 is 1.33 bits per heavy atom. The lowest BCUT2D eigenvalue weighted by atomic mass is 10.1. The average molecular weight is 339 g/mol. The third-order valence-electron chi connectivity index (χ3n) is 4.13. The fraction of sp³-hybridized carbons (Fsp3) is 0.375. The van der Waals surface area contributed by atoms with Crippen LogP contribution in [0.1, 0.15) is 12.8 Å². The number of aromatic nitrogens is 1. The van der Waals surface area contributed by atoms with Gasteiger partial charge in [-0.2, -0.15) is 13.2 Å². The Kier molecular flexibility index (Phi) is 4.31. The molecule has 0 bridgehead atoms. The van der Waals surface area contributed by atoms with Gasteiger partial charge >= 0.3 is 12.2 Å². The highest BCUT2D eigenvalue weighted by Gasteiger charge is 2.48. The number of rotatable bonds is 2. The highest BCUT2D eigenvalue weighted by molar-refractivity contribution is 5.99. The molecule has 8 heteroatoms. The van der Waals surface area contributed by atoms with Crippen LogP contribution in [0.25, 0.3) is 10.9 Å². The summed E-state index contributed by atoms with van der Waals surface area (Å²) in [4.78, 5) is 17.6. The molecule has 0 unspecified atom stereocenters. The van der Waals surface area contributed by atoms with Gasteiger partial charge in [-0.25, -0.2) is 4.79 Å². The van der Waals surface area contributed by atoms with E-state index >= 15 is 0 Å². The predicted octanol–water partition coefficient (Wildman–Crippen LogP) is 3.15. The standard InChI is InChI=1S/C16H16F3N3O2/c17-16(18,19)14(23)12-7-3-9-22(12)15(24)21-11-6-1-4-10-5-2-8-20-13(10)11/h1-2,4-6,8,12,14,23H,3,7,9H2,(H,21,24)/t12-,14-/m1/s1. The molecule has 1 aliphatic heterocycles. The largest absolute Gasteiger partial charge is 0.416 e. The number of aliphatic hydroxyl groups is 1. The summed E-state index contributed by atoms with van der Waals surface area (Å²) in [5, 5.41) is 12.9. The average Bonchev–Trinajstić information content (AvgIpc) is 3.03. The number of carbonyl (C=O) groups excluding carboxylic acids is 1. The molecule has 5 nitrogen and oxygen atoms in total. The molecule has 0 saturated carbocycles. The number of nitrogens with one attached hydrogen (secondary N) is 1. The first-order valence-electron chi connectivity index (χ1n) is 7.54. The SMILES string of the molecule is O=C(Nc1cccc2cccnc12)N1CCC[C@@H]1[C@@H](O)C(F)(F)F. The van der Waals surface area contributed by atoms with E-state index in [0.717, 1.165) is 10.3 Å². The Hall–Kier alpha value is -2.35. The third kappa shape index (κ3) is 3.14. The minimum atomic E-state index is -4.76. The van der Waals surface area contributed by atoms with Gasteiger partial charge in [0.1, 0.15) is 0 Å². The van der Waals surface area contributed by atoms with E-state index in [-0.39, 0.29) is 13.0 Å². The summed E-state index contributed by atoms with van der Waals surface area (Å²) < 4.78 is 38.3. The molecule has 24 heavy (non-hydrogen) atoms. The number of aliphatic hydroxyl groups excluding tert-OH is 1. The fourth-order valence-corrected chi connectivity index (χ4v) is 2.98. The second kappa shape index (κ2) is 6.27. The number of halogens is 3. The van der Waals surface area contributed by atoms with Crippen LogP contribution >= 0.6 is 0 Å². The van der Waals surface area contributed by atoms with E-state index in [1.807, 2.05) is 12.1 Å². The van der Waals surface area contributed by atoms with Crippen molar-refractivity contribution in [3.05, 3.63) is 36.5 Å². The topological polar surface area (TPSA) is 65.5 Å². The molecule has 0 spiro atoms. The van der Waals surface area contributed by atoms with Crippen molar-refractivity contribution in [3.8, 4) is 0 Å². The fourth-order valence-electron chi connectivity index (χ4n) is 2.98.